The Bertz CT molecular complexity index is 731. The van der Waals surface area contributed by atoms with Crippen molar-refractivity contribution < 1.29 is 9.59 Å². The molecule has 4 rings (SSSR count). The minimum atomic E-state index is -0.151. The van der Waals surface area contributed by atoms with Gasteiger partial charge < -0.3 is 0 Å². The van der Waals surface area contributed by atoms with Crippen LogP contribution in [0.5, 0.6) is 0 Å². The molecule has 0 atom stereocenters. The number of ketones is 2. The summed E-state index contributed by atoms with van der Waals surface area (Å²) < 4.78 is 0. The number of fused-ring (bicyclic) bond motifs is 4. The van der Waals surface area contributed by atoms with Crippen molar-refractivity contribution in [1.29, 1.82) is 0 Å². The number of benzene rings is 1. The van der Waals surface area contributed by atoms with Crippen LogP contribution in [0.1, 0.15) is 38.4 Å². The Morgan fingerprint density at radius 1 is 0.833 bits per heavy atom. The van der Waals surface area contributed by atoms with E-state index < -0.39 is 0 Å². The van der Waals surface area contributed by atoms with E-state index in [1.54, 1.807) is 0 Å². The Morgan fingerprint density at radius 2 is 1.67 bits per heavy atom. The lowest BCUT2D eigenvalue weighted by molar-refractivity contribution is 0.0921. The van der Waals surface area contributed by atoms with E-state index in [1.165, 1.54) is 5.56 Å². The van der Waals surface area contributed by atoms with E-state index >= 15 is 0 Å². The predicted octanol–water partition coefficient (Wildman–Crippen LogP) is 2.42. The fraction of sp³-hybridized carbons (Fsp3) is 0.133. The molecule has 1 heterocycles. The van der Waals surface area contributed by atoms with Crippen LogP contribution >= 0.6 is 0 Å². The molecule has 18 heavy (non-hydrogen) atoms. The first-order valence-corrected chi connectivity index (χ1v) is 5.92. The molecule has 0 fully saturated rings. The van der Waals surface area contributed by atoms with Crippen molar-refractivity contribution in [3.8, 4) is 11.3 Å². The van der Waals surface area contributed by atoms with Crippen molar-refractivity contribution in [2.45, 2.75) is 12.8 Å². The second-order valence-electron chi connectivity index (χ2n) is 4.75. The zero-order valence-electron chi connectivity index (χ0n) is 9.56. The first kappa shape index (κ1) is 9.71. The summed E-state index contributed by atoms with van der Waals surface area (Å²) in [7, 11) is 0. The normalized spacial score (nSPS) is 15.6. The number of pyridine rings is 1. The molecular weight excluding hydrogens is 226 g/mol. The number of hydrogen-bond donors (Lipinski definition) is 0. The van der Waals surface area contributed by atoms with Crippen molar-refractivity contribution in [2.75, 3.05) is 0 Å². The molecule has 0 N–H and O–H groups in total. The van der Waals surface area contributed by atoms with Crippen LogP contribution in [-0.4, -0.2) is 16.6 Å². The van der Waals surface area contributed by atoms with Gasteiger partial charge in [0.25, 0.3) is 0 Å². The summed E-state index contributed by atoms with van der Waals surface area (Å²) in [6.45, 7) is 0. The molecule has 1 aromatic heterocycles. The molecule has 0 saturated heterocycles. The predicted molar refractivity (Wildman–Crippen MR) is 65.8 cm³/mol. The number of nitrogens with zero attached hydrogens (tertiary/aromatic N) is 1. The maximum Gasteiger partial charge on any atom is 0.189 e. The van der Waals surface area contributed by atoms with Gasteiger partial charge in [-0.15, -0.1) is 0 Å². The van der Waals surface area contributed by atoms with Crippen LogP contribution in [0, 0.1) is 0 Å². The van der Waals surface area contributed by atoms with Gasteiger partial charge in [0.1, 0.15) is 5.69 Å². The average Bonchev–Trinajstić information content (AvgIpc) is 2.86. The fourth-order valence-electron chi connectivity index (χ4n) is 2.78. The van der Waals surface area contributed by atoms with Gasteiger partial charge in [-0.05, 0) is 17.2 Å². The summed E-state index contributed by atoms with van der Waals surface area (Å²) in [4.78, 5) is 27.8. The van der Waals surface area contributed by atoms with Crippen molar-refractivity contribution >= 4 is 11.6 Å². The molecule has 0 bridgehead atoms. The van der Waals surface area contributed by atoms with E-state index in [1.807, 2.05) is 24.3 Å². The van der Waals surface area contributed by atoms with Crippen molar-refractivity contribution in [3.63, 3.8) is 0 Å². The van der Waals surface area contributed by atoms with E-state index in [0.717, 1.165) is 23.2 Å². The SMILES string of the molecule is O=C1CC(=O)c2nc3c(cc21)Cc1ccccc1-3. The first-order valence-electron chi connectivity index (χ1n) is 5.92. The summed E-state index contributed by atoms with van der Waals surface area (Å²) >= 11 is 0. The fourth-order valence-corrected chi connectivity index (χ4v) is 2.78. The smallest absolute Gasteiger partial charge is 0.189 e. The third-order valence-corrected chi connectivity index (χ3v) is 3.64. The summed E-state index contributed by atoms with van der Waals surface area (Å²) in [5.41, 5.74) is 5.08. The Balaban J connectivity index is 2.01. The number of hydrogen-bond acceptors (Lipinski definition) is 3. The summed E-state index contributed by atoms with van der Waals surface area (Å²) in [5.74, 6) is -0.247. The van der Waals surface area contributed by atoms with Gasteiger partial charge in [-0.2, -0.15) is 0 Å². The summed E-state index contributed by atoms with van der Waals surface area (Å²) in [6.07, 6.45) is 0.778. The van der Waals surface area contributed by atoms with E-state index in [4.69, 9.17) is 0 Å². The van der Waals surface area contributed by atoms with Crippen molar-refractivity contribution in [1.82, 2.24) is 4.98 Å². The third kappa shape index (κ3) is 1.11. The lowest BCUT2D eigenvalue weighted by Crippen LogP contribution is -1.98. The quantitative estimate of drug-likeness (QED) is 0.562. The maximum absolute atomic E-state index is 11.7. The van der Waals surface area contributed by atoms with E-state index in [9.17, 15) is 9.59 Å². The second-order valence-corrected chi connectivity index (χ2v) is 4.75. The van der Waals surface area contributed by atoms with E-state index in [-0.39, 0.29) is 18.0 Å². The van der Waals surface area contributed by atoms with Gasteiger partial charge in [-0.3, -0.25) is 9.59 Å². The zero-order chi connectivity index (χ0) is 12.3. The van der Waals surface area contributed by atoms with Crippen LogP contribution in [0.25, 0.3) is 11.3 Å². The van der Waals surface area contributed by atoms with Crippen molar-refractivity contribution in [2.24, 2.45) is 0 Å². The number of rotatable bonds is 0. The van der Waals surface area contributed by atoms with Gasteiger partial charge in [0.15, 0.2) is 11.6 Å². The Morgan fingerprint density at radius 3 is 2.56 bits per heavy atom. The zero-order valence-corrected chi connectivity index (χ0v) is 9.56. The van der Waals surface area contributed by atoms with Gasteiger partial charge in [0.05, 0.1) is 12.1 Å². The van der Waals surface area contributed by atoms with Crippen LogP contribution in [0.15, 0.2) is 30.3 Å². The lowest BCUT2D eigenvalue weighted by atomic mass is 10.1. The molecule has 0 saturated carbocycles. The molecule has 2 aliphatic carbocycles. The first-order chi connectivity index (χ1) is 8.74. The van der Waals surface area contributed by atoms with Crippen LogP contribution in [0.2, 0.25) is 0 Å². The minimum absolute atomic E-state index is 0.0210. The number of carbonyl (C=O) groups is 2. The molecule has 0 spiro atoms. The molecule has 0 amide bonds. The van der Waals surface area contributed by atoms with Gasteiger partial charge in [-0.1, -0.05) is 24.3 Å². The standard InChI is InChI=1S/C15H9NO2/c17-12-7-13(18)15-11(12)6-9-5-8-3-1-2-4-10(8)14(9)16-15/h1-4,6H,5,7H2. The van der Waals surface area contributed by atoms with Gasteiger partial charge >= 0.3 is 0 Å². The highest BCUT2D eigenvalue weighted by Crippen LogP contribution is 2.37. The summed E-state index contributed by atoms with van der Waals surface area (Å²) in [6, 6.07) is 9.89. The van der Waals surface area contributed by atoms with E-state index in [0.29, 0.717) is 11.3 Å². The van der Waals surface area contributed by atoms with Gasteiger partial charge in [0, 0.05) is 17.5 Å². The van der Waals surface area contributed by atoms with Crippen LogP contribution in [-0.2, 0) is 6.42 Å². The number of carbonyl (C=O) groups excluding carboxylic acids is 2. The minimum Gasteiger partial charge on any atom is -0.294 e. The third-order valence-electron chi connectivity index (χ3n) is 3.64. The second kappa shape index (κ2) is 3.13. The monoisotopic (exact) mass is 235 g/mol. The van der Waals surface area contributed by atoms with Crippen molar-refractivity contribution in [3.05, 3.63) is 52.7 Å². The maximum atomic E-state index is 11.7. The topological polar surface area (TPSA) is 47.0 Å². The van der Waals surface area contributed by atoms with Gasteiger partial charge in [0.2, 0.25) is 0 Å². The highest BCUT2D eigenvalue weighted by atomic mass is 16.2. The molecule has 86 valence electrons. The van der Waals surface area contributed by atoms with Gasteiger partial charge in [-0.25, -0.2) is 4.98 Å². The average molecular weight is 235 g/mol. The molecule has 2 aromatic rings. The number of aromatic nitrogens is 1. The molecule has 2 aliphatic rings. The Hall–Kier alpha value is -2.29. The van der Waals surface area contributed by atoms with Crippen LogP contribution in [0.3, 0.4) is 0 Å². The molecule has 3 heteroatoms. The molecular formula is C15H9NO2. The summed E-state index contributed by atoms with van der Waals surface area (Å²) in [5, 5.41) is 0. The van der Waals surface area contributed by atoms with Crippen LogP contribution < -0.4 is 0 Å². The molecule has 0 unspecified atom stereocenters. The molecule has 0 radical (unpaired) electrons. The highest BCUT2D eigenvalue weighted by Gasteiger charge is 2.32. The van der Waals surface area contributed by atoms with E-state index in [2.05, 4.69) is 11.1 Å². The molecule has 3 nitrogen and oxygen atoms in total. The Kier molecular flexibility index (Phi) is 1.69. The lowest BCUT2D eigenvalue weighted by Gasteiger charge is -2.02. The molecule has 1 aromatic carbocycles. The Labute approximate surface area is 103 Å². The number of Topliss-reactive ketones (excluding diaryl/α,β-unsaturated/α-hetero) is 2. The molecule has 0 aliphatic heterocycles. The van der Waals surface area contributed by atoms with Crippen LogP contribution in [0.4, 0.5) is 0 Å². The largest absolute Gasteiger partial charge is 0.294 e. The highest BCUT2D eigenvalue weighted by molar-refractivity contribution is 6.23.